The Bertz CT molecular complexity index is 544. The highest BCUT2D eigenvalue weighted by Gasteiger charge is 2.13. The number of benzene rings is 1. The lowest BCUT2D eigenvalue weighted by Crippen LogP contribution is -2.08. The van der Waals surface area contributed by atoms with E-state index >= 15 is 0 Å². The van der Waals surface area contributed by atoms with Crippen molar-refractivity contribution < 1.29 is 0 Å². The molecule has 0 spiro atoms. The zero-order valence-electron chi connectivity index (χ0n) is 11.4. The molecule has 0 atom stereocenters. The Hall–Kier alpha value is -1.22. The predicted molar refractivity (Wildman–Crippen MR) is 82.3 cm³/mol. The minimum atomic E-state index is 0.274. The van der Waals surface area contributed by atoms with Crippen LogP contribution in [0, 0.1) is 0 Å². The fraction of sp³-hybridized carbons (Fsp3) is 0.400. The number of hydrogen-bond donors (Lipinski definition) is 1. The van der Waals surface area contributed by atoms with Crippen LogP contribution in [0.2, 0.25) is 0 Å². The molecule has 3 heteroatoms. The number of pyridine rings is 1. The quantitative estimate of drug-likeness (QED) is 0.890. The summed E-state index contributed by atoms with van der Waals surface area (Å²) in [6, 6.07) is 10.5. The van der Waals surface area contributed by atoms with E-state index in [2.05, 4.69) is 55.3 Å². The molecule has 96 valence electrons. The molecular formula is C15H20N2S. The Morgan fingerprint density at radius 3 is 2.61 bits per heavy atom. The first-order valence-corrected chi connectivity index (χ1v) is 7.18. The summed E-state index contributed by atoms with van der Waals surface area (Å²) in [6.45, 7) is 6.72. The lowest BCUT2D eigenvalue weighted by Gasteiger charge is -2.18. The molecule has 0 radical (unpaired) electrons. The largest absolute Gasteiger partial charge is 0.373 e. The van der Waals surface area contributed by atoms with Gasteiger partial charge in [-0.25, -0.2) is 4.98 Å². The van der Waals surface area contributed by atoms with Crippen LogP contribution in [0.25, 0.3) is 10.9 Å². The number of nitrogens with one attached hydrogen (secondary N) is 1. The number of nitrogens with zero attached hydrogens (tertiary/aromatic N) is 1. The summed E-state index contributed by atoms with van der Waals surface area (Å²) in [5.41, 5.74) is 2.32. The van der Waals surface area contributed by atoms with E-state index in [1.165, 1.54) is 10.9 Å². The molecular weight excluding hydrogens is 240 g/mol. The summed E-state index contributed by atoms with van der Waals surface area (Å²) in [7, 11) is 1.93. The summed E-state index contributed by atoms with van der Waals surface area (Å²) >= 11 is 1.94. The van der Waals surface area contributed by atoms with Gasteiger partial charge >= 0.3 is 0 Å². The van der Waals surface area contributed by atoms with Gasteiger partial charge in [0.2, 0.25) is 0 Å². The van der Waals surface area contributed by atoms with Gasteiger partial charge in [0.25, 0.3) is 0 Å². The van der Waals surface area contributed by atoms with Crippen molar-refractivity contribution in [2.24, 2.45) is 0 Å². The van der Waals surface area contributed by atoms with Gasteiger partial charge < -0.3 is 5.32 Å². The maximum atomic E-state index is 4.67. The molecule has 18 heavy (non-hydrogen) atoms. The zero-order valence-corrected chi connectivity index (χ0v) is 12.3. The zero-order chi connectivity index (χ0) is 13.2. The van der Waals surface area contributed by atoms with Gasteiger partial charge in [-0.2, -0.15) is 11.8 Å². The van der Waals surface area contributed by atoms with E-state index < -0.39 is 0 Å². The van der Waals surface area contributed by atoms with E-state index in [1.807, 2.05) is 24.9 Å². The summed E-state index contributed by atoms with van der Waals surface area (Å²) in [5, 5.41) is 4.41. The molecule has 2 aromatic rings. The lowest BCUT2D eigenvalue weighted by molar-refractivity contribution is 0.802. The number of para-hydroxylation sites is 1. The standard InChI is InChI=1S/C15H20N2S/c1-15(2,3)18-10-12-9-11-7-5-6-8-13(11)17-14(12)16-4/h5-9H,10H2,1-4H3,(H,16,17). The lowest BCUT2D eigenvalue weighted by atomic mass is 10.1. The SMILES string of the molecule is CNc1nc2ccccc2cc1CSC(C)(C)C. The van der Waals surface area contributed by atoms with Crippen molar-refractivity contribution in [3.05, 3.63) is 35.9 Å². The molecule has 2 nitrogen and oxygen atoms in total. The van der Waals surface area contributed by atoms with Crippen LogP contribution in [-0.2, 0) is 5.75 Å². The van der Waals surface area contributed by atoms with Gasteiger partial charge in [-0.05, 0) is 12.1 Å². The third kappa shape index (κ3) is 3.16. The molecule has 0 saturated carbocycles. The molecule has 0 unspecified atom stereocenters. The highest BCUT2D eigenvalue weighted by Crippen LogP contribution is 2.30. The van der Waals surface area contributed by atoms with Crippen LogP contribution in [0.4, 0.5) is 5.82 Å². The summed E-state index contributed by atoms with van der Waals surface area (Å²) in [4.78, 5) is 4.67. The molecule has 0 bridgehead atoms. The van der Waals surface area contributed by atoms with Crippen LogP contribution >= 0.6 is 11.8 Å². The highest BCUT2D eigenvalue weighted by molar-refractivity contribution is 7.99. The Kier molecular flexibility index (Phi) is 3.81. The van der Waals surface area contributed by atoms with Gasteiger partial charge in [-0.15, -0.1) is 0 Å². The average Bonchev–Trinajstić information content (AvgIpc) is 2.34. The highest BCUT2D eigenvalue weighted by atomic mass is 32.2. The van der Waals surface area contributed by atoms with Crippen molar-refractivity contribution in [3.63, 3.8) is 0 Å². The van der Waals surface area contributed by atoms with Crippen molar-refractivity contribution in [1.29, 1.82) is 0 Å². The first kappa shape index (κ1) is 13.2. The molecule has 1 N–H and O–H groups in total. The first-order chi connectivity index (χ1) is 8.49. The van der Waals surface area contributed by atoms with Gasteiger partial charge in [0.05, 0.1) is 5.52 Å². The van der Waals surface area contributed by atoms with E-state index in [4.69, 9.17) is 0 Å². The third-order valence-electron chi connectivity index (χ3n) is 2.70. The van der Waals surface area contributed by atoms with Crippen molar-refractivity contribution in [3.8, 4) is 0 Å². The number of thioether (sulfide) groups is 1. The van der Waals surface area contributed by atoms with Gasteiger partial charge in [-0.3, -0.25) is 0 Å². The normalized spacial score (nSPS) is 11.8. The second kappa shape index (κ2) is 5.19. The van der Waals surface area contributed by atoms with Gasteiger partial charge in [0.15, 0.2) is 0 Å². The molecule has 2 rings (SSSR count). The minimum absolute atomic E-state index is 0.274. The monoisotopic (exact) mass is 260 g/mol. The molecule has 0 aliphatic rings. The average molecular weight is 260 g/mol. The van der Waals surface area contributed by atoms with E-state index in [1.54, 1.807) is 0 Å². The van der Waals surface area contributed by atoms with Crippen molar-refractivity contribution in [2.75, 3.05) is 12.4 Å². The van der Waals surface area contributed by atoms with Crippen molar-refractivity contribution in [1.82, 2.24) is 4.98 Å². The molecule has 0 amide bonds. The van der Waals surface area contributed by atoms with Crippen LogP contribution in [0.1, 0.15) is 26.3 Å². The molecule has 1 heterocycles. The van der Waals surface area contributed by atoms with Crippen LogP contribution in [0.15, 0.2) is 30.3 Å². The van der Waals surface area contributed by atoms with Crippen LogP contribution in [-0.4, -0.2) is 16.8 Å². The summed E-state index contributed by atoms with van der Waals surface area (Å²) in [5.74, 6) is 1.97. The minimum Gasteiger partial charge on any atom is -0.373 e. The smallest absolute Gasteiger partial charge is 0.130 e. The third-order valence-corrected chi connectivity index (χ3v) is 4.02. The fourth-order valence-corrected chi connectivity index (χ4v) is 2.59. The second-order valence-corrected chi connectivity index (χ2v) is 7.14. The molecule has 0 aliphatic heterocycles. The van der Waals surface area contributed by atoms with Crippen molar-refractivity contribution >= 4 is 28.5 Å². The second-order valence-electron chi connectivity index (χ2n) is 5.34. The van der Waals surface area contributed by atoms with E-state index in [-0.39, 0.29) is 4.75 Å². The molecule has 0 saturated heterocycles. The maximum absolute atomic E-state index is 4.67. The van der Waals surface area contributed by atoms with Crippen LogP contribution in [0.3, 0.4) is 0 Å². The number of rotatable bonds is 3. The Labute approximate surface area is 113 Å². The summed E-state index contributed by atoms with van der Waals surface area (Å²) in [6.07, 6.45) is 0. The van der Waals surface area contributed by atoms with Crippen molar-refractivity contribution in [2.45, 2.75) is 31.3 Å². The Morgan fingerprint density at radius 2 is 1.94 bits per heavy atom. The molecule has 0 fully saturated rings. The van der Waals surface area contributed by atoms with E-state index in [0.29, 0.717) is 0 Å². The molecule has 1 aromatic heterocycles. The topological polar surface area (TPSA) is 24.9 Å². The number of aromatic nitrogens is 1. The van der Waals surface area contributed by atoms with Gasteiger partial charge in [0, 0.05) is 28.5 Å². The molecule has 1 aromatic carbocycles. The summed E-state index contributed by atoms with van der Waals surface area (Å²) < 4.78 is 0.274. The van der Waals surface area contributed by atoms with Gasteiger partial charge in [0.1, 0.15) is 5.82 Å². The molecule has 0 aliphatic carbocycles. The number of fused-ring (bicyclic) bond motifs is 1. The van der Waals surface area contributed by atoms with E-state index in [0.717, 1.165) is 17.1 Å². The number of anilines is 1. The maximum Gasteiger partial charge on any atom is 0.130 e. The van der Waals surface area contributed by atoms with Crippen LogP contribution in [0.5, 0.6) is 0 Å². The Morgan fingerprint density at radius 1 is 1.22 bits per heavy atom. The number of hydrogen-bond acceptors (Lipinski definition) is 3. The van der Waals surface area contributed by atoms with Crippen LogP contribution < -0.4 is 5.32 Å². The van der Waals surface area contributed by atoms with Gasteiger partial charge in [-0.1, -0.05) is 39.0 Å². The van der Waals surface area contributed by atoms with E-state index in [9.17, 15) is 0 Å². The first-order valence-electron chi connectivity index (χ1n) is 6.20. The predicted octanol–water partition coefficient (Wildman–Crippen LogP) is 4.31. The fourth-order valence-electron chi connectivity index (χ4n) is 1.78. The Balaban J connectivity index is 2.36.